The van der Waals surface area contributed by atoms with Crippen LogP contribution in [0.25, 0.3) is 0 Å². The standard InChI is InChI=1S/C11H11N3O8.2C6H13N/c15-10(16)4-3-8(11(17)18)12-7-2-1-6(13(19)20)5-9(7)14(21)22;2*7-6-4-2-1-3-5-6/h1-2,5,8,12H,3-4H2,(H,15,16)(H,17,18);2*6H,1-5,7H2. The van der Waals surface area contributed by atoms with E-state index in [1.807, 2.05) is 0 Å². The van der Waals surface area contributed by atoms with Crippen molar-refractivity contribution in [3.8, 4) is 0 Å². The van der Waals surface area contributed by atoms with Crippen molar-refractivity contribution in [3.05, 3.63) is 38.4 Å². The van der Waals surface area contributed by atoms with Gasteiger partial charge in [-0.3, -0.25) is 25.0 Å². The predicted molar refractivity (Wildman–Crippen MR) is 134 cm³/mol. The van der Waals surface area contributed by atoms with Crippen LogP contribution in [0.15, 0.2) is 18.2 Å². The number of nitrogens with zero attached hydrogens (tertiary/aromatic N) is 2. The summed E-state index contributed by atoms with van der Waals surface area (Å²) in [5.74, 6) is -2.61. The number of carboxylic acid groups (broad SMARTS) is 2. The van der Waals surface area contributed by atoms with E-state index in [0.29, 0.717) is 18.2 Å². The fraction of sp³-hybridized carbons (Fsp3) is 0.652. The number of nitro benzene ring substituents is 2. The largest absolute Gasteiger partial charge is 0.481 e. The molecule has 7 N–H and O–H groups in total. The molecule has 0 aromatic heterocycles. The number of carbonyl (C=O) groups is 2. The van der Waals surface area contributed by atoms with Crippen molar-refractivity contribution < 1.29 is 29.6 Å². The first-order chi connectivity index (χ1) is 17.0. The molecule has 3 rings (SSSR count). The van der Waals surface area contributed by atoms with Gasteiger partial charge < -0.3 is 27.0 Å². The Kier molecular flexibility index (Phi) is 14.0. The maximum absolute atomic E-state index is 11.0. The minimum absolute atomic E-state index is 0.242. The summed E-state index contributed by atoms with van der Waals surface area (Å²) >= 11 is 0. The fourth-order valence-corrected chi connectivity index (χ4v) is 3.89. The Hall–Kier alpha value is -3.32. The monoisotopic (exact) mass is 511 g/mol. The number of hydrogen-bond donors (Lipinski definition) is 5. The van der Waals surface area contributed by atoms with Crippen LogP contribution in [0, 0.1) is 20.2 Å². The molecule has 2 aliphatic rings. The highest BCUT2D eigenvalue weighted by molar-refractivity contribution is 5.80. The summed E-state index contributed by atoms with van der Waals surface area (Å²) in [6.07, 6.45) is 12.6. The van der Waals surface area contributed by atoms with Crippen molar-refractivity contribution in [2.75, 3.05) is 5.32 Å². The minimum atomic E-state index is -1.39. The lowest BCUT2D eigenvalue weighted by molar-refractivity contribution is -0.393. The van der Waals surface area contributed by atoms with Crippen LogP contribution in [0.5, 0.6) is 0 Å². The van der Waals surface area contributed by atoms with Gasteiger partial charge in [-0.15, -0.1) is 0 Å². The lowest BCUT2D eigenvalue weighted by Crippen LogP contribution is -2.30. The molecule has 0 aliphatic heterocycles. The molecule has 0 heterocycles. The van der Waals surface area contributed by atoms with Gasteiger partial charge in [0.05, 0.1) is 15.9 Å². The fourth-order valence-electron chi connectivity index (χ4n) is 3.89. The molecule has 202 valence electrons. The van der Waals surface area contributed by atoms with Crippen LogP contribution in [0.3, 0.4) is 0 Å². The van der Waals surface area contributed by atoms with Crippen LogP contribution in [-0.4, -0.2) is 50.1 Å². The average molecular weight is 512 g/mol. The first-order valence-electron chi connectivity index (χ1n) is 12.2. The van der Waals surface area contributed by atoms with Gasteiger partial charge >= 0.3 is 11.9 Å². The van der Waals surface area contributed by atoms with Crippen molar-refractivity contribution >= 4 is 29.0 Å². The number of aliphatic carboxylic acids is 2. The molecule has 2 aliphatic carbocycles. The summed E-state index contributed by atoms with van der Waals surface area (Å²) < 4.78 is 0. The van der Waals surface area contributed by atoms with Crippen molar-refractivity contribution in [1.29, 1.82) is 0 Å². The Morgan fingerprint density at radius 3 is 1.75 bits per heavy atom. The molecule has 36 heavy (non-hydrogen) atoms. The summed E-state index contributed by atoms with van der Waals surface area (Å²) in [6, 6.07) is 2.37. The molecule has 2 fully saturated rings. The number of benzene rings is 1. The number of nitrogens with two attached hydrogens (primary N) is 2. The Morgan fingerprint density at radius 2 is 1.42 bits per heavy atom. The quantitative estimate of drug-likeness (QED) is 0.249. The smallest absolute Gasteiger partial charge is 0.326 e. The van der Waals surface area contributed by atoms with Crippen molar-refractivity contribution in [3.63, 3.8) is 0 Å². The van der Waals surface area contributed by atoms with Gasteiger partial charge in [-0.1, -0.05) is 38.5 Å². The SMILES string of the molecule is NC1CCCCC1.NC1CCCCC1.O=C(O)CCC(Nc1ccc([N+](=O)[O-])cc1[N+](=O)[O-])C(=O)O. The summed E-state index contributed by atoms with van der Waals surface area (Å²) in [5.41, 5.74) is 9.84. The van der Waals surface area contributed by atoms with E-state index in [1.54, 1.807) is 0 Å². The summed E-state index contributed by atoms with van der Waals surface area (Å²) in [5, 5.41) is 41.4. The number of non-ortho nitro benzene ring substituents is 1. The maximum Gasteiger partial charge on any atom is 0.326 e. The molecule has 0 amide bonds. The topological polar surface area (TPSA) is 225 Å². The number of hydrogen-bond acceptors (Lipinski definition) is 9. The Morgan fingerprint density at radius 1 is 0.917 bits per heavy atom. The van der Waals surface area contributed by atoms with Gasteiger partial charge in [-0.25, -0.2) is 4.79 Å². The van der Waals surface area contributed by atoms with Crippen LogP contribution in [-0.2, 0) is 9.59 Å². The van der Waals surface area contributed by atoms with Gasteiger partial charge in [-0.05, 0) is 38.2 Å². The van der Waals surface area contributed by atoms with Crippen LogP contribution in [0.4, 0.5) is 17.1 Å². The highest BCUT2D eigenvalue weighted by Crippen LogP contribution is 2.30. The van der Waals surface area contributed by atoms with Crippen LogP contribution in [0.2, 0.25) is 0 Å². The second-order valence-electron chi connectivity index (χ2n) is 8.98. The zero-order valence-corrected chi connectivity index (χ0v) is 20.3. The molecule has 0 bridgehead atoms. The zero-order valence-electron chi connectivity index (χ0n) is 20.3. The third-order valence-corrected chi connectivity index (χ3v) is 5.96. The summed E-state index contributed by atoms with van der Waals surface area (Å²) in [7, 11) is 0. The van der Waals surface area contributed by atoms with Gasteiger partial charge in [0.15, 0.2) is 0 Å². The summed E-state index contributed by atoms with van der Waals surface area (Å²) in [6.45, 7) is 0. The number of carboxylic acids is 2. The van der Waals surface area contributed by atoms with Gasteiger partial charge in [0, 0.05) is 24.6 Å². The Bertz CT molecular complexity index is 854. The predicted octanol–water partition coefficient (Wildman–Crippen LogP) is 3.79. The van der Waals surface area contributed by atoms with Crippen LogP contribution >= 0.6 is 0 Å². The number of anilines is 1. The molecular formula is C23H37N5O8. The third-order valence-electron chi connectivity index (χ3n) is 5.96. The van der Waals surface area contributed by atoms with E-state index < -0.39 is 45.6 Å². The molecule has 0 spiro atoms. The van der Waals surface area contributed by atoms with E-state index >= 15 is 0 Å². The molecule has 13 nitrogen and oxygen atoms in total. The van der Waals surface area contributed by atoms with Gasteiger partial charge in [-0.2, -0.15) is 0 Å². The van der Waals surface area contributed by atoms with Crippen molar-refractivity contribution in [2.45, 2.75) is 95.2 Å². The molecule has 0 radical (unpaired) electrons. The highest BCUT2D eigenvalue weighted by atomic mass is 16.6. The second-order valence-corrected chi connectivity index (χ2v) is 8.98. The average Bonchev–Trinajstić information content (AvgIpc) is 2.83. The van der Waals surface area contributed by atoms with E-state index in [4.69, 9.17) is 21.7 Å². The van der Waals surface area contributed by atoms with Gasteiger partial charge in [0.25, 0.3) is 11.4 Å². The second kappa shape index (κ2) is 16.4. The maximum atomic E-state index is 11.0. The molecule has 1 aromatic rings. The lowest BCUT2D eigenvalue weighted by Gasteiger charge is -2.15. The van der Waals surface area contributed by atoms with E-state index in [9.17, 15) is 29.8 Å². The van der Waals surface area contributed by atoms with Crippen LogP contribution < -0.4 is 16.8 Å². The molecular weight excluding hydrogens is 474 g/mol. The van der Waals surface area contributed by atoms with Crippen molar-refractivity contribution in [2.24, 2.45) is 11.5 Å². The lowest BCUT2D eigenvalue weighted by atomic mass is 9.97. The Balaban J connectivity index is 0.000000370. The van der Waals surface area contributed by atoms with Gasteiger partial charge in [0.1, 0.15) is 11.7 Å². The summed E-state index contributed by atoms with van der Waals surface area (Å²) in [4.78, 5) is 41.3. The third kappa shape index (κ3) is 12.4. The molecule has 1 atom stereocenters. The molecule has 13 heteroatoms. The van der Waals surface area contributed by atoms with E-state index in [1.165, 1.54) is 64.2 Å². The van der Waals surface area contributed by atoms with E-state index in [-0.39, 0.29) is 12.1 Å². The molecule has 1 aromatic carbocycles. The first kappa shape index (κ1) is 30.7. The van der Waals surface area contributed by atoms with Crippen molar-refractivity contribution in [1.82, 2.24) is 0 Å². The molecule has 2 saturated carbocycles. The van der Waals surface area contributed by atoms with E-state index in [0.717, 1.165) is 12.1 Å². The Labute approximate surface area is 209 Å². The van der Waals surface area contributed by atoms with Crippen LogP contribution in [0.1, 0.15) is 77.0 Å². The number of nitro groups is 2. The molecule has 1 unspecified atom stereocenters. The highest BCUT2D eigenvalue weighted by Gasteiger charge is 2.25. The molecule has 0 saturated heterocycles. The van der Waals surface area contributed by atoms with E-state index in [2.05, 4.69) is 5.32 Å². The normalized spacial score (nSPS) is 16.8. The number of nitrogens with one attached hydrogen (secondary N) is 1. The minimum Gasteiger partial charge on any atom is -0.481 e. The zero-order chi connectivity index (χ0) is 27.1. The first-order valence-corrected chi connectivity index (χ1v) is 12.2. The van der Waals surface area contributed by atoms with Gasteiger partial charge in [0.2, 0.25) is 0 Å². The number of rotatable bonds is 8.